The molecule has 0 bridgehead atoms. The van der Waals surface area contributed by atoms with E-state index in [0.717, 1.165) is 5.56 Å². The zero-order valence-corrected chi connectivity index (χ0v) is 11.0. The molecule has 2 rings (SSSR count). The van der Waals surface area contributed by atoms with Crippen molar-refractivity contribution in [2.45, 2.75) is 37.1 Å². The average Bonchev–Trinajstić information content (AvgIpc) is 2.49. The number of aldehydes is 1. The fourth-order valence-electron chi connectivity index (χ4n) is 2.14. The summed E-state index contributed by atoms with van der Waals surface area (Å²) in [6.07, 6.45) is -4.92. The van der Waals surface area contributed by atoms with E-state index < -0.39 is 30.2 Å². The Balaban J connectivity index is 2.22. The van der Waals surface area contributed by atoms with E-state index in [1.807, 2.05) is 6.07 Å². The van der Waals surface area contributed by atoms with Crippen LogP contribution in [-0.2, 0) is 14.3 Å². The van der Waals surface area contributed by atoms with E-state index >= 15 is 0 Å². The monoisotopic (exact) mass is 282 g/mol. The van der Waals surface area contributed by atoms with Gasteiger partial charge in [-0.25, -0.2) is 0 Å². The highest BCUT2D eigenvalue weighted by atomic mass is 16.7. The van der Waals surface area contributed by atoms with Crippen LogP contribution in [0.2, 0.25) is 0 Å². The highest BCUT2D eigenvalue weighted by Gasteiger charge is 2.49. The van der Waals surface area contributed by atoms with Crippen molar-refractivity contribution in [2.75, 3.05) is 6.61 Å². The summed E-state index contributed by atoms with van der Waals surface area (Å²) >= 11 is 0. The van der Waals surface area contributed by atoms with E-state index in [-0.39, 0.29) is 12.9 Å². The fraction of sp³-hybridized carbons (Fsp3) is 0.500. The molecule has 110 valence electrons. The molecule has 0 saturated carbocycles. The van der Waals surface area contributed by atoms with Gasteiger partial charge in [-0.15, -0.1) is 0 Å². The molecule has 1 fully saturated rings. The maximum absolute atomic E-state index is 10.6. The molecule has 0 aliphatic carbocycles. The average molecular weight is 282 g/mol. The fourth-order valence-corrected chi connectivity index (χ4v) is 2.14. The van der Waals surface area contributed by atoms with Gasteiger partial charge in [0.1, 0.15) is 23.9 Å². The lowest BCUT2D eigenvalue weighted by Crippen LogP contribution is -2.61. The third-order valence-electron chi connectivity index (χ3n) is 3.55. The molecular weight excluding hydrogens is 264 g/mol. The molecule has 1 aromatic carbocycles. The van der Waals surface area contributed by atoms with Crippen LogP contribution in [-0.4, -0.2) is 52.1 Å². The maximum atomic E-state index is 10.6. The zero-order valence-electron chi connectivity index (χ0n) is 11.0. The van der Waals surface area contributed by atoms with Crippen LogP contribution in [0.25, 0.3) is 0 Å². The van der Waals surface area contributed by atoms with Crippen LogP contribution in [0, 0.1) is 0 Å². The zero-order chi connectivity index (χ0) is 14.8. The van der Waals surface area contributed by atoms with Gasteiger partial charge in [-0.05, 0) is 6.92 Å². The molecule has 1 aromatic rings. The van der Waals surface area contributed by atoms with Crippen molar-refractivity contribution < 1.29 is 29.6 Å². The Morgan fingerprint density at radius 1 is 1.35 bits per heavy atom. The Kier molecular flexibility index (Phi) is 4.52. The Hall–Kier alpha value is -1.31. The van der Waals surface area contributed by atoms with Crippen molar-refractivity contribution in [1.82, 2.24) is 0 Å². The summed E-state index contributed by atoms with van der Waals surface area (Å²) in [5.41, 5.74) is -0.780. The number of hydrogen-bond acceptors (Lipinski definition) is 6. The van der Waals surface area contributed by atoms with Crippen molar-refractivity contribution in [3.8, 4) is 0 Å². The third kappa shape index (κ3) is 2.74. The molecule has 0 unspecified atom stereocenters. The van der Waals surface area contributed by atoms with E-state index in [9.17, 15) is 20.1 Å². The second-order valence-corrected chi connectivity index (χ2v) is 4.96. The van der Waals surface area contributed by atoms with Gasteiger partial charge in [0.15, 0.2) is 12.6 Å². The van der Waals surface area contributed by atoms with Crippen LogP contribution >= 0.6 is 0 Å². The SMILES string of the molecule is C[C@@]1([C@H](O)[C@@H](O)C=O)O[C@@H](c2ccccc2)OC[C@H]1O. The molecule has 0 radical (unpaired) electrons. The molecule has 1 aliphatic rings. The van der Waals surface area contributed by atoms with E-state index in [0.29, 0.717) is 0 Å². The number of rotatable bonds is 4. The quantitative estimate of drug-likeness (QED) is 0.660. The lowest BCUT2D eigenvalue weighted by Gasteiger charge is -2.45. The number of aliphatic hydroxyl groups is 3. The molecule has 5 atom stereocenters. The molecule has 6 heteroatoms. The van der Waals surface area contributed by atoms with Gasteiger partial charge in [-0.2, -0.15) is 0 Å². The second-order valence-electron chi connectivity index (χ2n) is 4.96. The van der Waals surface area contributed by atoms with Crippen LogP contribution in [0.5, 0.6) is 0 Å². The minimum absolute atomic E-state index is 0.0707. The summed E-state index contributed by atoms with van der Waals surface area (Å²) in [6.45, 7) is 1.37. The minimum Gasteiger partial charge on any atom is -0.388 e. The van der Waals surface area contributed by atoms with Gasteiger partial charge >= 0.3 is 0 Å². The first-order chi connectivity index (χ1) is 9.49. The molecule has 0 amide bonds. The molecule has 20 heavy (non-hydrogen) atoms. The lowest BCUT2D eigenvalue weighted by atomic mass is 9.88. The van der Waals surface area contributed by atoms with E-state index in [2.05, 4.69) is 0 Å². The predicted molar refractivity (Wildman–Crippen MR) is 68.7 cm³/mol. The molecule has 6 nitrogen and oxygen atoms in total. The lowest BCUT2D eigenvalue weighted by molar-refractivity contribution is -0.324. The van der Waals surface area contributed by atoms with Gasteiger partial charge in [-0.3, -0.25) is 0 Å². The Labute approximate surface area is 116 Å². The minimum atomic E-state index is -1.64. The van der Waals surface area contributed by atoms with Crippen LogP contribution in [0.4, 0.5) is 0 Å². The summed E-state index contributed by atoms with van der Waals surface area (Å²) in [5.74, 6) is 0. The van der Waals surface area contributed by atoms with Crippen molar-refractivity contribution in [1.29, 1.82) is 0 Å². The van der Waals surface area contributed by atoms with Crippen molar-refractivity contribution in [3.05, 3.63) is 35.9 Å². The molecule has 1 aliphatic heterocycles. The standard InChI is InChI=1S/C14H18O6/c1-14(12(18)10(16)7-15)11(17)8-19-13(20-14)9-5-3-2-4-6-9/h2-7,10-13,16-18H,8H2,1H3/t10-,11+,12+,13-,14+/m0/s1. The number of carbonyl (C=O) groups is 1. The van der Waals surface area contributed by atoms with Crippen molar-refractivity contribution in [3.63, 3.8) is 0 Å². The van der Waals surface area contributed by atoms with Crippen molar-refractivity contribution in [2.24, 2.45) is 0 Å². The number of hydrogen-bond donors (Lipinski definition) is 3. The highest BCUT2D eigenvalue weighted by Crippen LogP contribution is 2.35. The molecule has 3 N–H and O–H groups in total. The van der Waals surface area contributed by atoms with Gasteiger partial charge in [0, 0.05) is 5.56 Å². The van der Waals surface area contributed by atoms with E-state index in [4.69, 9.17) is 9.47 Å². The van der Waals surface area contributed by atoms with Crippen LogP contribution in [0.1, 0.15) is 18.8 Å². The summed E-state index contributed by atoms with van der Waals surface area (Å²) in [7, 11) is 0. The second kappa shape index (κ2) is 5.99. The van der Waals surface area contributed by atoms with Crippen molar-refractivity contribution >= 4 is 6.29 Å². The molecule has 0 aromatic heterocycles. The summed E-state index contributed by atoms with van der Waals surface area (Å²) in [6, 6.07) is 9.02. The van der Waals surface area contributed by atoms with Gasteiger partial charge in [-0.1, -0.05) is 30.3 Å². The summed E-state index contributed by atoms with van der Waals surface area (Å²) in [5, 5.41) is 29.5. The smallest absolute Gasteiger partial charge is 0.184 e. The Bertz CT molecular complexity index is 450. The number of ether oxygens (including phenoxy) is 2. The third-order valence-corrected chi connectivity index (χ3v) is 3.55. The normalized spacial score (nSPS) is 33.4. The molecule has 1 saturated heterocycles. The first kappa shape index (κ1) is 15.1. The highest BCUT2D eigenvalue weighted by molar-refractivity contribution is 5.57. The van der Waals surface area contributed by atoms with Crippen LogP contribution in [0.3, 0.4) is 0 Å². The van der Waals surface area contributed by atoms with E-state index in [1.165, 1.54) is 6.92 Å². The molecule has 1 heterocycles. The Morgan fingerprint density at radius 3 is 2.60 bits per heavy atom. The van der Waals surface area contributed by atoms with Crippen LogP contribution in [0.15, 0.2) is 30.3 Å². The maximum Gasteiger partial charge on any atom is 0.184 e. The van der Waals surface area contributed by atoms with E-state index in [1.54, 1.807) is 24.3 Å². The molecular formula is C14H18O6. The van der Waals surface area contributed by atoms with Gasteiger partial charge in [0.25, 0.3) is 0 Å². The first-order valence-corrected chi connectivity index (χ1v) is 6.33. The first-order valence-electron chi connectivity index (χ1n) is 6.33. The summed E-state index contributed by atoms with van der Waals surface area (Å²) in [4.78, 5) is 10.6. The van der Waals surface area contributed by atoms with Gasteiger partial charge in [0.2, 0.25) is 0 Å². The van der Waals surface area contributed by atoms with Gasteiger partial charge in [0.05, 0.1) is 6.61 Å². The topological polar surface area (TPSA) is 96.2 Å². The largest absolute Gasteiger partial charge is 0.388 e. The number of carbonyl (C=O) groups excluding carboxylic acids is 1. The molecule has 0 spiro atoms. The van der Waals surface area contributed by atoms with Crippen LogP contribution < -0.4 is 0 Å². The number of benzene rings is 1. The number of aliphatic hydroxyl groups excluding tert-OH is 3. The predicted octanol–water partition coefficient (Wildman–Crippen LogP) is -0.228. The summed E-state index contributed by atoms with van der Waals surface area (Å²) < 4.78 is 11.0. The van der Waals surface area contributed by atoms with Gasteiger partial charge < -0.3 is 29.6 Å². The Morgan fingerprint density at radius 2 is 2.00 bits per heavy atom.